The van der Waals surface area contributed by atoms with Gasteiger partial charge in [0.25, 0.3) is 0 Å². The van der Waals surface area contributed by atoms with Gasteiger partial charge in [-0.2, -0.15) is 0 Å². The van der Waals surface area contributed by atoms with Crippen LogP contribution in [0.4, 0.5) is 0 Å². The van der Waals surface area contributed by atoms with Crippen molar-refractivity contribution in [3.05, 3.63) is 38.3 Å². The maximum atomic E-state index is 3.46. The lowest BCUT2D eigenvalue weighted by atomic mass is 9.89. The van der Waals surface area contributed by atoms with Gasteiger partial charge in [0.05, 0.1) is 3.39 Å². The highest BCUT2D eigenvalue weighted by molar-refractivity contribution is 9.28. The predicted molar refractivity (Wildman–Crippen MR) is 80.5 cm³/mol. The molecule has 0 heterocycles. The first kappa shape index (κ1) is 14.0. The standard InChI is InChI=1S/C14H18Br2/c1-9(2)11-6-5-7-12(10(3)4)13(11)8-14(15)16/h5-10H,1-4H3. The van der Waals surface area contributed by atoms with Gasteiger partial charge in [-0.25, -0.2) is 0 Å². The van der Waals surface area contributed by atoms with Gasteiger partial charge in [-0.05, 0) is 66.5 Å². The van der Waals surface area contributed by atoms with E-state index in [1.807, 2.05) is 0 Å². The minimum atomic E-state index is 0.546. The number of halogens is 2. The minimum absolute atomic E-state index is 0.546. The second-order valence-electron chi connectivity index (χ2n) is 4.59. The van der Waals surface area contributed by atoms with Gasteiger partial charge in [-0.15, -0.1) is 0 Å². The molecule has 0 aliphatic heterocycles. The molecule has 88 valence electrons. The second-order valence-corrected chi connectivity index (χ2v) is 7.37. The molecule has 0 saturated carbocycles. The van der Waals surface area contributed by atoms with Crippen LogP contribution in [-0.4, -0.2) is 0 Å². The van der Waals surface area contributed by atoms with Crippen LogP contribution in [0.25, 0.3) is 6.08 Å². The first-order valence-corrected chi connectivity index (χ1v) is 7.17. The summed E-state index contributed by atoms with van der Waals surface area (Å²) in [6.07, 6.45) is 2.16. The molecule has 0 aliphatic rings. The topological polar surface area (TPSA) is 0 Å². The van der Waals surface area contributed by atoms with Crippen molar-refractivity contribution in [2.75, 3.05) is 0 Å². The molecule has 0 fully saturated rings. The Bertz CT molecular complexity index is 359. The molecule has 0 nitrogen and oxygen atoms in total. The lowest BCUT2D eigenvalue weighted by Gasteiger charge is -2.17. The van der Waals surface area contributed by atoms with Crippen molar-refractivity contribution in [1.29, 1.82) is 0 Å². The molecule has 0 N–H and O–H groups in total. The minimum Gasteiger partial charge on any atom is -0.0617 e. The zero-order valence-corrected chi connectivity index (χ0v) is 13.4. The third-order valence-electron chi connectivity index (χ3n) is 2.67. The molecule has 0 aromatic heterocycles. The molecule has 0 amide bonds. The fourth-order valence-corrected chi connectivity index (χ4v) is 2.34. The number of rotatable bonds is 3. The normalized spacial score (nSPS) is 11.0. The van der Waals surface area contributed by atoms with E-state index in [1.54, 1.807) is 0 Å². The molecule has 1 aromatic rings. The molecule has 0 unspecified atom stereocenters. The van der Waals surface area contributed by atoms with Gasteiger partial charge in [0.2, 0.25) is 0 Å². The highest BCUT2D eigenvalue weighted by atomic mass is 79.9. The predicted octanol–water partition coefficient (Wildman–Crippen LogP) is 6.02. The number of benzene rings is 1. The van der Waals surface area contributed by atoms with Crippen molar-refractivity contribution < 1.29 is 0 Å². The Morgan fingerprint density at radius 2 is 1.44 bits per heavy atom. The van der Waals surface area contributed by atoms with Crippen LogP contribution in [0.2, 0.25) is 0 Å². The average Bonchev–Trinajstić information content (AvgIpc) is 2.16. The lowest BCUT2D eigenvalue weighted by molar-refractivity contribution is 0.829. The van der Waals surface area contributed by atoms with E-state index < -0.39 is 0 Å². The summed E-state index contributed by atoms with van der Waals surface area (Å²) in [7, 11) is 0. The van der Waals surface area contributed by atoms with E-state index in [2.05, 4.69) is 83.8 Å². The van der Waals surface area contributed by atoms with Crippen molar-refractivity contribution in [3.63, 3.8) is 0 Å². The van der Waals surface area contributed by atoms with Gasteiger partial charge >= 0.3 is 0 Å². The first-order valence-electron chi connectivity index (χ1n) is 5.59. The van der Waals surface area contributed by atoms with Crippen LogP contribution in [0.5, 0.6) is 0 Å². The Hall–Kier alpha value is -0.0800. The summed E-state index contributed by atoms with van der Waals surface area (Å²) < 4.78 is 0.995. The van der Waals surface area contributed by atoms with Gasteiger partial charge in [-0.1, -0.05) is 45.9 Å². The van der Waals surface area contributed by atoms with Crippen molar-refractivity contribution >= 4 is 37.9 Å². The molecule has 0 bridgehead atoms. The molecule has 2 heteroatoms. The summed E-state index contributed by atoms with van der Waals surface area (Å²) in [4.78, 5) is 0. The molecule has 0 radical (unpaired) electrons. The van der Waals surface area contributed by atoms with Crippen LogP contribution in [-0.2, 0) is 0 Å². The Kier molecular flexibility index (Phi) is 5.26. The van der Waals surface area contributed by atoms with Gasteiger partial charge in [0.1, 0.15) is 0 Å². The smallest absolute Gasteiger partial charge is 0.0610 e. The van der Waals surface area contributed by atoms with Crippen molar-refractivity contribution in [2.24, 2.45) is 0 Å². The number of hydrogen-bond donors (Lipinski definition) is 0. The quantitative estimate of drug-likeness (QED) is 0.628. The molecule has 0 saturated heterocycles. The molecule has 16 heavy (non-hydrogen) atoms. The van der Waals surface area contributed by atoms with E-state index >= 15 is 0 Å². The van der Waals surface area contributed by atoms with Crippen molar-refractivity contribution in [3.8, 4) is 0 Å². The zero-order chi connectivity index (χ0) is 12.3. The summed E-state index contributed by atoms with van der Waals surface area (Å²) in [5.41, 5.74) is 4.15. The van der Waals surface area contributed by atoms with E-state index in [-0.39, 0.29) is 0 Å². The second kappa shape index (κ2) is 6.02. The van der Waals surface area contributed by atoms with Crippen LogP contribution in [0.1, 0.15) is 56.2 Å². The number of hydrogen-bond acceptors (Lipinski definition) is 0. The van der Waals surface area contributed by atoms with E-state index in [0.29, 0.717) is 11.8 Å². The largest absolute Gasteiger partial charge is 0.0617 e. The summed E-state index contributed by atoms with van der Waals surface area (Å²) >= 11 is 6.91. The Balaban J connectivity index is 3.41. The third kappa shape index (κ3) is 3.46. The maximum absolute atomic E-state index is 3.46. The summed E-state index contributed by atoms with van der Waals surface area (Å²) in [5, 5.41) is 0. The Morgan fingerprint density at radius 3 is 1.75 bits per heavy atom. The molecular formula is C14H18Br2. The Labute approximate surface area is 115 Å². The average molecular weight is 346 g/mol. The van der Waals surface area contributed by atoms with Gasteiger partial charge in [-0.3, -0.25) is 0 Å². The summed E-state index contributed by atoms with van der Waals surface area (Å²) in [6, 6.07) is 6.58. The van der Waals surface area contributed by atoms with Gasteiger partial charge in [0.15, 0.2) is 0 Å². The molecule has 1 rings (SSSR count). The molecule has 0 atom stereocenters. The SMILES string of the molecule is CC(C)c1cccc(C(C)C)c1C=C(Br)Br. The summed E-state index contributed by atoms with van der Waals surface area (Å²) in [5.74, 6) is 1.09. The fraction of sp³-hybridized carbons (Fsp3) is 0.429. The van der Waals surface area contributed by atoms with Crippen LogP contribution in [0.15, 0.2) is 21.6 Å². The molecular weight excluding hydrogens is 328 g/mol. The van der Waals surface area contributed by atoms with Gasteiger partial charge in [0, 0.05) is 0 Å². The highest BCUT2D eigenvalue weighted by Gasteiger charge is 2.11. The molecule has 0 aliphatic carbocycles. The molecule has 0 spiro atoms. The van der Waals surface area contributed by atoms with E-state index in [0.717, 1.165) is 3.39 Å². The maximum Gasteiger partial charge on any atom is 0.0610 e. The zero-order valence-electron chi connectivity index (χ0n) is 10.2. The van der Waals surface area contributed by atoms with Crippen LogP contribution >= 0.6 is 31.9 Å². The van der Waals surface area contributed by atoms with Crippen LogP contribution in [0.3, 0.4) is 0 Å². The van der Waals surface area contributed by atoms with Crippen LogP contribution in [0, 0.1) is 0 Å². The van der Waals surface area contributed by atoms with Crippen LogP contribution < -0.4 is 0 Å². The monoisotopic (exact) mass is 344 g/mol. The fourth-order valence-electron chi connectivity index (χ4n) is 1.88. The Morgan fingerprint density at radius 1 is 1.00 bits per heavy atom. The van der Waals surface area contributed by atoms with Crippen molar-refractivity contribution in [1.82, 2.24) is 0 Å². The third-order valence-corrected chi connectivity index (χ3v) is 3.13. The van der Waals surface area contributed by atoms with E-state index in [9.17, 15) is 0 Å². The van der Waals surface area contributed by atoms with E-state index in [4.69, 9.17) is 0 Å². The van der Waals surface area contributed by atoms with E-state index in [1.165, 1.54) is 16.7 Å². The first-order chi connectivity index (χ1) is 7.43. The van der Waals surface area contributed by atoms with Gasteiger partial charge < -0.3 is 0 Å². The lowest BCUT2D eigenvalue weighted by Crippen LogP contribution is -1.99. The highest BCUT2D eigenvalue weighted by Crippen LogP contribution is 2.31. The van der Waals surface area contributed by atoms with Crippen molar-refractivity contribution in [2.45, 2.75) is 39.5 Å². The molecule has 1 aromatic carbocycles. The summed E-state index contributed by atoms with van der Waals surface area (Å²) in [6.45, 7) is 8.94.